The first-order valence-electron chi connectivity index (χ1n) is 7.57. The fraction of sp³-hybridized carbons (Fsp3) is 0.222. The van der Waals surface area contributed by atoms with Crippen LogP contribution in [0.2, 0.25) is 5.02 Å². The van der Waals surface area contributed by atoms with Crippen LogP contribution in [0.15, 0.2) is 48.5 Å². The quantitative estimate of drug-likeness (QED) is 0.596. The van der Waals surface area contributed by atoms with Crippen molar-refractivity contribution in [1.82, 2.24) is 0 Å². The van der Waals surface area contributed by atoms with E-state index < -0.39 is 12.1 Å². The molecule has 0 unspecified atom stereocenters. The van der Waals surface area contributed by atoms with Crippen LogP contribution < -0.4 is 14.4 Å². The van der Waals surface area contributed by atoms with Crippen LogP contribution in [0.25, 0.3) is 0 Å². The van der Waals surface area contributed by atoms with E-state index in [1.165, 1.54) is 4.90 Å². The maximum Gasteiger partial charge on any atom is 0.271 e. The van der Waals surface area contributed by atoms with Gasteiger partial charge >= 0.3 is 0 Å². The summed E-state index contributed by atoms with van der Waals surface area (Å²) in [7, 11) is 0. The van der Waals surface area contributed by atoms with Crippen LogP contribution in [0.1, 0.15) is 6.92 Å². The number of nitrogens with zero attached hydrogens (tertiary/aromatic N) is 1. The molecule has 124 valence electrons. The number of amides is 1. The van der Waals surface area contributed by atoms with E-state index in [2.05, 4.69) is 0 Å². The van der Waals surface area contributed by atoms with Gasteiger partial charge in [-0.3, -0.25) is 9.69 Å². The number of benzene rings is 2. The Labute approximate surface area is 144 Å². The van der Waals surface area contributed by atoms with Crippen molar-refractivity contribution in [1.29, 1.82) is 0 Å². The molecule has 2 atom stereocenters. The van der Waals surface area contributed by atoms with Gasteiger partial charge in [-0.15, -0.1) is 0 Å². The molecule has 5 nitrogen and oxygen atoms in total. The molecule has 0 aromatic heterocycles. The highest BCUT2D eigenvalue weighted by Gasteiger charge is 2.50. The minimum atomic E-state index is -0.824. The molecule has 1 saturated heterocycles. The fourth-order valence-corrected chi connectivity index (χ4v) is 2.69. The number of carbonyl (C=O) groups excluding carboxylic acids is 2. The summed E-state index contributed by atoms with van der Waals surface area (Å²) in [5.74, 6) is 0.952. The molecule has 1 aliphatic heterocycles. The Kier molecular flexibility index (Phi) is 4.71. The van der Waals surface area contributed by atoms with E-state index in [4.69, 9.17) is 21.1 Å². The van der Waals surface area contributed by atoms with E-state index >= 15 is 0 Å². The van der Waals surface area contributed by atoms with Gasteiger partial charge in [0, 0.05) is 10.7 Å². The summed E-state index contributed by atoms with van der Waals surface area (Å²) in [6.07, 6.45) is -0.103. The molecule has 0 bridgehead atoms. The number of anilines is 1. The third-order valence-electron chi connectivity index (χ3n) is 3.73. The van der Waals surface area contributed by atoms with E-state index in [0.717, 1.165) is 6.29 Å². The Bertz CT molecular complexity index is 730. The van der Waals surface area contributed by atoms with E-state index in [-0.39, 0.29) is 5.91 Å². The Morgan fingerprint density at radius 2 is 1.71 bits per heavy atom. The number of β-lactam (4-membered cyclic amide) rings is 1. The summed E-state index contributed by atoms with van der Waals surface area (Å²) in [6.45, 7) is 2.46. The first-order chi connectivity index (χ1) is 11.6. The number of halogens is 1. The molecular weight excluding hydrogens is 330 g/mol. The highest BCUT2D eigenvalue weighted by molar-refractivity contribution is 6.30. The fourth-order valence-electron chi connectivity index (χ4n) is 2.56. The molecule has 0 aliphatic carbocycles. The molecule has 0 N–H and O–H groups in total. The van der Waals surface area contributed by atoms with Gasteiger partial charge in [-0.1, -0.05) is 11.6 Å². The lowest BCUT2D eigenvalue weighted by Gasteiger charge is -2.43. The van der Waals surface area contributed by atoms with E-state index in [1.54, 1.807) is 48.5 Å². The van der Waals surface area contributed by atoms with Crippen LogP contribution in [0.4, 0.5) is 5.69 Å². The van der Waals surface area contributed by atoms with Crippen molar-refractivity contribution in [2.24, 2.45) is 0 Å². The third kappa shape index (κ3) is 3.08. The molecule has 1 amide bonds. The molecule has 1 aliphatic rings. The normalized spacial score (nSPS) is 19.6. The SMILES string of the molecule is CCOc1ccc(N2C(=O)[C@H](Oc3ccc(Cl)cc3)[C@@H]2C=O)cc1. The van der Waals surface area contributed by atoms with Crippen LogP contribution in [-0.2, 0) is 9.59 Å². The van der Waals surface area contributed by atoms with Gasteiger partial charge < -0.3 is 14.3 Å². The molecule has 2 aromatic carbocycles. The molecule has 3 rings (SSSR count). The third-order valence-corrected chi connectivity index (χ3v) is 3.98. The maximum atomic E-state index is 12.4. The van der Waals surface area contributed by atoms with Gasteiger partial charge in [-0.25, -0.2) is 0 Å². The second-order valence-electron chi connectivity index (χ2n) is 5.25. The number of carbonyl (C=O) groups is 2. The van der Waals surface area contributed by atoms with Gasteiger partial charge in [0.15, 0.2) is 0 Å². The first kappa shape index (κ1) is 16.3. The summed E-state index contributed by atoms with van der Waals surface area (Å²) in [5.41, 5.74) is 0.636. The van der Waals surface area contributed by atoms with Gasteiger partial charge in [0.25, 0.3) is 5.91 Å². The van der Waals surface area contributed by atoms with Crippen LogP contribution in [0, 0.1) is 0 Å². The Morgan fingerprint density at radius 3 is 2.29 bits per heavy atom. The summed E-state index contributed by atoms with van der Waals surface area (Å²) in [5, 5.41) is 0.574. The zero-order valence-electron chi connectivity index (χ0n) is 13.0. The predicted molar refractivity (Wildman–Crippen MR) is 90.8 cm³/mol. The van der Waals surface area contributed by atoms with E-state index in [1.807, 2.05) is 6.92 Å². The monoisotopic (exact) mass is 345 g/mol. The zero-order chi connectivity index (χ0) is 17.1. The second kappa shape index (κ2) is 6.93. The summed E-state index contributed by atoms with van der Waals surface area (Å²) in [6, 6.07) is 13.0. The van der Waals surface area contributed by atoms with Crippen molar-refractivity contribution in [3.8, 4) is 11.5 Å². The van der Waals surface area contributed by atoms with Crippen molar-refractivity contribution in [2.75, 3.05) is 11.5 Å². The van der Waals surface area contributed by atoms with Crippen LogP contribution in [0.3, 0.4) is 0 Å². The minimum Gasteiger partial charge on any atom is -0.494 e. The van der Waals surface area contributed by atoms with E-state index in [0.29, 0.717) is 28.8 Å². The molecule has 24 heavy (non-hydrogen) atoms. The van der Waals surface area contributed by atoms with Gasteiger partial charge in [0.1, 0.15) is 23.8 Å². The average molecular weight is 346 g/mol. The summed E-state index contributed by atoms with van der Waals surface area (Å²) < 4.78 is 11.0. The standard InChI is InChI=1S/C18H16ClNO4/c1-2-23-14-9-5-13(6-10-14)20-16(11-21)17(18(20)22)24-15-7-3-12(19)4-8-15/h3-11,16-17H,2H2,1H3/t16-,17+/m0/s1. The number of hydrogen-bond acceptors (Lipinski definition) is 4. The smallest absolute Gasteiger partial charge is 0.271 e. The lowest BCUT2D eigenvalue weighted by atomic mass is 9.97. The molecule has 0 spiro atoms. The lowest BCUT2D eigenvalue weighted by Crippen LogP contribution is -2.68. The largest absolute Gasteiger partial charge is 0.494 e. The number of ether oxygens (including phenoxy) is 2. The van der Waals surface area contributed by atoms with Crippen molar-refractivity contribution < 1.29 is 19.1 Å². The molecule has 1 heterocycles. The average Bonchev–Trinajstić information content (AvgIpc) is 2.60. The van der Waals surface area contributed by atoms with Crippen molar-refractivity contribution in [2.45, 2.75) is 19.1 Å². The topological polar surface area (TPSA) is 55.8 Å². The predicted octanol–water partition coefficient (Wildman–Crippen LogP) is 3.10. The molecule has 0 radical (unpaired) electrons. The molecule has 1 fully saturated rings. The van der Waals surface area contributed by atoms with Crippen molar-refractivity contribution in [3.05, 3.63) is 53.6 Å². The Balaban J connectivity index is 1.73. The number of rotatable bonds is 6. The summed E-state index contributed by atoms with van der Waals surface area (Å²) in [4.78, 5) is 25.2. The second-order valence-corrected chi connectivity index (χ2v) is 5.69. The van der Waals surface area contributed by atoms with Gasteiger partial charge in [-0.2, -0.15) is 0 Å². The maximum absolute atomic E-state index is 12.4. The molecule has 6 heteroatoms. The van der Waals surface area contributed by atoms with Crippen molar-refractivity contribution in [3.63, 3.8) is 0 Å². The summed E-state index contributed by atoms with van der Waals surface area (Å²) >= 11 is 5.82. The molecular formula is C18H16ClNO4. The molecule has 2 aromatic rings. The number of aldehydes is 1. The first-order valence-corrected chi connectivity index (χ1v) is 7.95. The Morgan fingerprint density at radius 1 is 1.08 bits per heavy atom. The highest BCUT2D eigenvalue weighted by atomic mass is 35.5. The molecule has 0 saturated carbocycles. The zero-order valence-corrected chi connectivity index (χ0v) is 13.8. The van der Waals surface area contributed by atoms with Crippen LogP contribution >= 0.6 is 11.6 Å². The minimum absolute atomic E-state index is 0.258. The highest BCUT2D eigenvalue weighted by Crippen LogP contribution is 2.31. The Hall–Kier alpha value is -2.53. The van der Waals surface area contributed by atoms with Gasteiger partial charge in [0.2, 0.25) is 6.10 Å². The lowest BCUT2D eigenvalue weighted by molar-refractivity contribution is -0.138. The number of hydrogen-bond donors (Lipinski definition) is 0. The van der Waals surface area contributed by atoms with Crippen LogP contribution in [-0.4, -0.2) is 30.9 Å². The van der Waals surface area contributed by atoms with Crippen LogP contribution in [0.5, 0.6) is 11.5 Å². The van der Waals surface area contributed by atoms with E-state index in [9.17, 15) is 9.59 Å². The van der Waals surface area contributed by atoms with Gasteiger partial charge in [0.05, 0.1) is 6.61 Å². The van der Waals surface area contributed by atoms with Gasteiger partial charge in [-0.05, 0) is 55.5 Å². The van der Waals surface area contributed by atoms with Crippen molar-refractivity contribution >= 4 is 29.5 Å².